The molecular formula is C66H119NO10. The molecule has 0 aromatic heterocycles. The maximum atomic E-state index is 13.0. The van der Waals surface area contributed by atoms with Crippen LogP contribution in [0.5, 0.6) is 0 Å². The fourth-order valence-electron chi connectivity index (χ4n) is 9.71. The molecule has 1 saturated heterocycles. The van der Waals surface area contributed by atoms with Crippen LogP contribution >= 0.6 is 0 Å². The number of nitrogens with one attached hydrogen (secondary N) is 1. The van der Waals surface area contributed by atoms with Crippen LogP contribution in [0.15, 0.2) is 60.8 Å². The molecule has 11 nitrogen and oxygen atoms in total. The van der Waals surface area contributed by atoms with E-state index in [9.17, 15) is 35.1 Å². The van der Waals surface area contributed by atoms with Crippen molar-refractivity contribution in [3.63, 3.8) is 0 Å². The second-order valence-electron chi connectivity index (χ2n) is 22.1. The molecule has 448 valence electrons. The first kappa shape index (κ1) is 72.4. The standard InChI is InChI=1S/C66H119NO10/c1-3-5-7-9-11-13-15-34-38-42-46-50-54-62(71)75-55-51-47-43-39-35-32-30-28-26-24-22-20-18-16-17-19-21-23-25-27-29-31-33-37-41-45-49-53-61(70)67-58(57-76-66-65(74)64(73)63(72)60(56-68)77-66)59(69)52-48-44-40-36-14-12-10-8-6-4-2/h11,13-14,16-17,20,22,36,48,52,58-60,63-66,68-69,72-74H,3-10,12,15,18-19,21,23-35,37-47,49-51,53-57H2,1-2H3,(H,67,70)/b13-11-,17-16-,22-20-,36-14+,52-48+. The van der Waals surface area contributed by atoms with Gasteiger partial charge in [-0.2, -0.15) is 0 Å². The molecule has 1 amide bonds. The zero-order valence-corrected chi connectivity index (χ0v) is 49.4. The van der Waals surface area contributed by atoms with E-state index >= 15 is 0 Å². The van der Waals surface area contributed by atoms with Gasteiger partial charge >= 0.3 is 5.97 Å². The Morgan fingerprint density at radius 3 is 1.39 bits per heavy atom. The fourth-order valence-corrected chi connectivity index (χ4v) is 9.71. The first-order valence-corrected chi connectivity index (χ1v) is 32.1. The molecular weight excluding hydrogens is 967 g/mol. The van der Waals surface area contributed by atoms with Crippen molar-refractivity contribution in [1.29, 1.82) is 0 Å². The predicted molar refractivity (Wildman–Crippen MR) is 320 cm³/mol. The van der Waals surface area contributed by atoms with Gasteiger partial charge in [-0.05, 0) is 103 Å². The zero-order valence-electron chi connectivity index (χ0n) is 49.4. The van der Waals surface area contributed by atoms with Crippen molar-refractivity contribution in [2.24, 2.45) is 0 Å². The van der Waals surface area contributed by atoms with Crippen LogP contribution in [0.2, 0.25) is 0 Å². The molecule has 77 heavy (non-hydrogen) atoms. The molecule has 1 aliphatic rings. The van der Waals surface area contributed by atoms with Crippen LogP contribution in [-0.2, 0) is 23.8 Å². The minimum atomic E-state index is -1.58. The lowest BCUT2D eigenvalue weighted by Gasteiger charge is -2.40. The van der Waals surface area contributed by atoms with Crippen LogP contribution in [0, 0.1) is 0 Å². The quantitative estimate of drug-likeness (QED) is 0.0195. The summed E-state index contributed by atoms with van der Waals surface area (Å²) in [6, 6.07) is -0.830. The van der Waals surface area contributed by atoms with Crippen molar-refractivity contribution < 1.29 is 49.3 Å². The predicted octanol–water partition coefficient (Wildman–Crippen LogP) is 15.4. The van der Waals surface area contributed by atoms with Gasteiger partial charge in [-0.1, -0.05) is 229 Å². The average molecular weight is 1090 g/mol. The van der Waals surface area contributed by atoms with E-state index < -0.39 is 49.5 Å². The number of carbonyl (C=O) groups is 2. The molecule has 1 heterocycles. The summed E-state index contributed by atoms with van der Waals surface area (Å²) in [6.07, 6.45) is 62.0. The number of hydrogen-bond donors (Lipinski definition) is 6. The first-order valence-electron chi connectivity index (χ1n) is 32.1. The highest BCUT2D eigenvalue weighted by atomic mass is 16.7. The molecule has 11 heteroatoms. The molecule has 7 unspecified atom stereocenters. The number of esters is 1. The number of ether oxygens (including phenoxy) is 3. The van der Waals surface area contributed by atoms with Gasteiger partial charge in [0.25, 0.3) is 0 Å². The topological polar surface area (TPSA) is 175 Å². The molecule has 0 aliphatic carbocycles. The summed E-state index contributed by atoms with van der Waals surface area (Å²) < 4.78 is 16.7. The lowest BCUT2D eigenvalue weighted by Crippen LogP contribution is -2.60. The highest BCUT2D eigenvalue weighted by molar-refractivity contribution is 5.76. The number of carbonyl (C=O) groups excluding carboxylic acids is 2. The van der Waals surface area contributed by atoms with Crippen LogP contribution in [0.3, 0.4) is 0 Å². The maximum Gasteiger partial charge on any atom is 0.305 e. The fraction of sp³-hybridized carbons (Fsp3) is 0.818. The van der Waals surface area contributed by atoms with E-state index in [1.54, 1.807) is 6.08 Å². The Hall–Kier alpha value is -2.64. The third-order valence-electron chi connectivity index (χ3n) is 14.8. The zero-order chi connectivity index (χ0) is 55.9. The van der Waals surface area contributed by atoms with Crippen molar-refractivity contribution in [2.45, 2.75) is 326 Å². The van der Waals surface area contributed by atoms with Gasteiger partial charge in [0.15, 0.2) is 6.29 Å². The van der Waals surface area contributed by atoms with Gasteiger partial charge in [0.2, 0.25) is 5.91 Å². The molecule has 0 saturated carbocycles. The van der Waals surface area contributed by atoms with Crippen LogP contribution in [0.1, 0.15) is 284 Å². The molecule has 0 aromatic carbocycles. The van der Waals surface area contributed by atoms with E-state index in [1.807, 2.05) is 6.08 Å². The number of aliphatic hydroxyl groups excluding tert-OH is 5. The smallest absolute Gasteiger partial charge is 0.305 e. The number of allylic oxidation sites excluding steroid dienone is 9. The summed E-state index contributed by atoms with van der Waals surface area (Å²) in [5.74, 6) is -0.207. The van der Waals surface area contributed by atoms with Gasteiger partial charge in [-0.15, -0.1) is 0 Å². The van der Waals surface area contributed by atoms with Crippen LogP contribution < -0.4 is 5.32 Å². The lowest BCUT2D eigenvalue weighted by atomic mass is 9.99. The minimum Gasteiger partial charge on any atom is -0.466 e. The van der Waals surface area contributed by atoms with E-state index in [0.29, 0.717) is 19.4 Å². The SMILES string of the molecule is CCCCC/C=C\CCCCCCCC(=O)OCCCCCCCCCCC/C=C\C/C=C\CCCCCCCCCCCCCC(=O)NC(COC1OC(CO)C(O)C(O)C1O)C(O)/C=C/CC/C=C/CCCCCC. The highest BCUT2D eigenvalue weighted by Crippen LogP contribution is 2.23. The Morgan fingerprint density at radius 1 is 0.481 bits per heavy atom. The number of unbranched alkanes of at least 4 members (excludes halogenated alkanes) is 33. The molecule has 0 aromatic rings. The van der Waals surface area contributed by atoms with Crippen molar-refractivity contribution in [2.75, 3.05) is 19.8 Å². The summed E-state index contributed by atoms with van der Waals surface area (Å²) in [6.45, 7) is 4.26. The van der Waals surface area contributed by atoms with E-state index in [-0.39, 0.29) is 18.5 Å². The van der Waals surface area contributed by atoms with Crippen molar-refractivity contribution in [3.8, 4) is 0 Å². The Labute approximate surface area is 471 Å². The summed E-state index contributed by atoms with van der Waals surface area (Å²) in [4.78, 5) is 25.0. The van der Waals surface area contributed by atoms with Gasteiger partial charge in [0.1, 0.15) is 24.4 Å². The third-order valence-corrected chi connectivity index (χ3v) is 14.8. The van der Waals surface area contributed by atoms with Gasteiger partial charge < -0.3 is 45.1 Å². The van der Waals surface area contributed by atoms with Crippen molar-refractivity contribution >= 4 is 11.9 Å². The number of amides is 1. The number of aliphatic hydroxyl groups is 5. The summed E-state index contributed by atoms with van der Waals surface area (Å²) in [5, 5.41) is 54.2. The molecule has 1 rings (SSSR count). The Morgan fingerprint density at radius 2 is 0.883 bits per heavy atom. The summed E-state index contributed by atoms with van der Waals surface area (Å²) in [5.41, 5.74) is 0. The normalized spacial score (nSPS) is 19.0. The average Bonchev–Trinajstić information content (AvgIpc) is 3.43. The second kappa shape index (κ2) is 55.3. The monoisotopic (exact) mass is 1090 g/mol. The van der Waals surface area contributed by atoms with E-state index in [1.165, 1.54) is 180 Å². The van der Waals surface area contributed by atoms with Gasteiger partial charge in [0.05, 0.1) is 32.0 Å². The number of hydrogen-bond acceptors (Lipinski definition) is 10. The van der Waals surface area contributed by atoms with Crippen LogP contribution in [-0.4, -0.2) is 100 Å². The first-order chi connectivity index (χ1) is 37.7. The van der Waals surface area contributed by atoms with Crippen molar-refractivity contribution in [1.82, 2.24) is 5.32 Å². The molecule has 1 aliphatic heterocycles. The largest absolute Gasteiger partial charge is 0.466 e. The van der Waals surface area contributed by atoms with Crippen LogP contribution in [0.25, 0.3) is 0 Å². The Kier molecular flexibility index (Phi) is 52.0. The van der Waals surface area contributed by atoms with E-state index in [4.69, 9.17) is 14.2 Å². The lowest BCUT2D eigenvalue weighted by molar-refractivity contribution is -0.302. The van der Waals surface area contributed by atoms with Gasteiger partial charge in [-0.3, -0.25) is 9.59 Å². The molecule has 0 spiro atoms. The maximum absolute atomic E-state index is 13.0. The highest BCUT2D eigenvalue weighted by Gasteiger charge is 2.44. The van der Waals surface area contributed by atoms with Crippen molar-refractivity contribution in [3.05, 3.63) is 60.8 Å². The summed E-state index contributed by atoms with van der Waals surface area (Å²) >= 11 is 0. The summed E-state index contributed by atoms with van der Waals surface area (Å²) in [7, 11) is 0. The van der Waals surface area contributed by atoms with E-state index in [0.717, 1.165) is 77.0 Å². The number of rotatable bonds is 55. The van der Waals surface area contributed by atoms with E-state index in [2.05, 4.69) is 67.8 Å². The third kappa shape index (κ3) is 44.8. The Balaban J connectivity index is 2.01. The minimum absolute atomic E-state index is 0.0101. The van der Waals surface area contributed by atoms with Crippen LogP contribution in [0.4, 0.5) is 0 Å². The Bertz CT molecular complexity index is 1460. The molecule has 0 bridgehead atoms. The molecule has 6 N–H and O–H groups in total. The molecule has 0 radical (unpaired) electrons. The van der Waals surface area contributed by atoms with Gasteiger partial charge in [0, 0.05) is 12.8 Å². The second-order valence-corrected chi connectivity index (χ2v) is 22.1. The van der Waals surface area contributed by atoms with Gasteiger partial charge in [-0.25, -0.2) is 0 Å². The molecule has 7 atom stereocenters. The molecule has 1 fully saturated rings.